The first kappa shape index (κ1) is 16.9. The van der Waals surface area contributed by atoms with E-state index < -0.39 is 0 Å². The molecule has 0 saturated carbocycles. The van der Waals surface area contributed by atoms with Crippen molar-refractivity contribution in [2.24, 2.45) is 0 Å². The van der Waals surface area contributed by atoms with Crippen molar-refractivity contribution in [3.05, 3.63) is 29.0 Å². The number of carbonyl (C=O) groups is 1. The number of halogens is 1. The highest BCUT2D eigenvalue weighted by molar-refractivity contribution is 6.29. The molecule has 112 valence electrons. The van der Waals surface area contributed by atoms with Gasteiger partial charge in [0.15, 0.2) is 0 Å². The van der Waals surface area contributed by atoms with Crippen LogP contribution in [0.3, 0.4) is 0 Å². The van der Waals surface area contributed by atoms with Gasteiger partial charge in [-0.3, -0.25) is 4.79 Å². The predicted molar refractivity (Wildman–Crippen MR) is 83.2 cm³/mol. The summed E-state index contributed by atoms with van der Waals surface area (Å²) < 4.78 is 0. The third-order valence-electron chi connectivity index (χ3n) is 3.37. The first-order chi connectivity index (χ1) is 9.56. The minimum atomic E-state index is -0.0931. The fraction of sp³-hybridized carbons (Fsp3) is 0.600. The molecule has 0 bridgehead atoms. The SMILES string of the molecule is CCN(CC)CCC[C@@H](C)NC(=O)c1ccc(Cl)nc1. The molecule has 0 aliphatic rings. The lowest BCUT2D eigenvalue weighted by atomic mass is 10.1. The van der Waals surface area contributed by atoms with Crippen LogP contribution < -0.4 is 5.32 Å². The minimum Gasteiger partial charge on any atom is -0.350 e. The second-order valence-electron chi connectivity index (χ2n) is 4.91. The highest BCUT2D eigenvalue weighted by atomic mass is 35.5. The lowest BCUT2D eigenvalue weighted by molar-refractivity contribution is 0.0937. The second-order valence-corrected chi connectivity index (χ2v) is 5.30. The third-order valence-corrected chi connectivity index (χ3v) is 3.60. The topological polar surface area (TPSA) is 45.2 Å². The van der Waals surface area contributed by atoms with Crippen molar-refractivity contribution in [1.82, 2.24) is 15.2 Å². The molecule has 1 amide bonds. The van der Waals surface area contributed by atoms with Gasteiger partial charge in [0.05, 0.1) is 5.56 Å². The molecule has 1 aromatic rings. The third kappa shape index (κ3) is 5.88. The van der Waals surface area contributed by atoms with Crippen LogP contribution in [0.4, 0.5) is 0 Å². The molecule has 1 rings (SSSR count). The molecule has 5 heteroatoms. The van der Waals surface area contributed by atoms with E-state index >= 15 is 0 Å². The number of nitrogens with zero attached hydrogens (tertiary/aromatic N) is 2. The van der Waals surface area contributed by atoms with Crippen LogP contribution in [-0.4, -0.2) is 41.5 Å². The van der Waals surface area contributed by atoms with E-state index in [4.69, 9.17) is 11.6 Å². The van der Waals surface area contributed by atoms with E-state index in [-0.39, 0.29) is 11.9 Å². The second kappa shape index (κ2) is 8.93. The van der Waals surface area contributed by atoms with Crippen LogP contribution in [0.25, 0.3) is 0 Å². The summed E-state index contributed by atoms with van der Waals surface area (Å²) in [6, 6.07) is 3.48. The molecule has 0 fully saturated rings. The van der Waals surface area contributed by atoms with E-state index in [2.05, 4.69) is 29.0 Å². The molecule has 0 aromatic carbocycles. The lowest BCUT2D eigenvalue weighted by Crippen LogP contribution is -2.33. The lowest BCUT2D eigenvalue weighted by Gasteiger charge is -2.19. The largest absolute Gasteiger partial charge is 0.350 e. The van der Waals surface area contributed by atoms with Crippen LogP contribution in [0.5, 0.6) is 0 Å². The molecule has 0 unspecified atom stereocenters. The molecule has 20 heavy (non-hydrogen) atoms. The van der Waals surface area contributed by atoms with E-state index in [9.17, 15) is 4.79 Å². The van der Waals surface area contributed by atoms with Gasteiger partial charge in [0.1, 0.15) is 5.15 Å². The molecule has 0 aliphatic carbocycles. The first-order valence-corrected chi connectivity index (χ1v) is 7.59. The van der Waals surface area contributed by atoms with E-state index in [1.807, 2.05) is 6.92 Å². The number of carbonyl (C=O) groups excluding carboxylic acids is 1. The Balaban J connectivity index is 2.33. The Bertz CT molecular complexity index is 404. The number of nitrogens with one attached hydrogen (secondary N) is 1. The molecule has 1 N–H and O–H groups in total. The molecular formula is C15H24ClN3O. The van der Waals surface area contributed by atoms with E-state index in [0.717, 1.165) is 32.5 Å². The summed E-state index contributed by atoms with van der Waals surface area (Å²) in [5.74, 6) is -0.0931. The van der Waals surface area contributed by atoms with Gasteiger partial charge in [0.2, 0.25) is 0 Å². The Morgan fingerprint density at radius 1 is 1.40 bits per heavy atom. The van der Waals surface area contributed by atoms with Crippen molar-refractivity contribution < 1.29 is 4.79 Å². The van der Waals surface area contributed by atoms with Crippen molar-refractivity contribution in [2.75, 3.05) is 19.6 Å². The highest BCUT2D eigenvalue weighted by Gasteiger charge is 2.10. The summed E-state index contributed by atoms with van der Waals surface area (Å²) in [5, 5.41) is 3.38. The van der Waals surface area contributed by atoms with Crippen LogP contribution in [-0.2, 0) is 0 Å². The fourth-order valence-electron chi connectivity index (χ4n) is 2.05. The Morgan fingerprint density at radius 2 is 2.10 bits per heavy atom. The highest BCUT2D eigenvalue weighted by Crippen LogP contribution is 2.06. The predicted octanol–water partition coefficient (Wildman–Crippen LogP) is 2.98. The summed E-state index contributed by atoms with van der Waals surface area (Å²) in [7, 11) is 0. The maximum Gasteiger partial charge on any atom is 0.253 e. The van der Waals surface area contributed by atoms with E-state index in [0.29, 0.717) is 10.7 Å². The molecule has 4 nitrogen and oxygen atoms in total. The van der Waals surface area contributed by atoms with Crippen LogP contribution in [0.1, 0.15) is 44.0 Å². The Hall–Kier alpha value is -1.13. The van der Waals surface area contributed by atoms with Gasteiger partial charge in [-0.05, 0) is 51.5 Å². The van der Waals surface area contributed by atoms with Gasteiger partial charge < -0.3 is 10.2 Å². The molecule has 0 saturated heterocycles. The molecule has 0 radical (unpaired) electrons. The number of rotatable bonds is 8. The monoisotopic (exact) mass is 297 g/mol. The summed E-state index contributed by atoms with van der Waals surface area (Å²) in [4.78, 5) is 18.3. The standard InChI is InChI=1S/C15H24ClN3O/c1-4-19(5-2)10-6-7-12(3)18-15(20)13-8-9-14(16)17-11-13/h8-9,11-12H,4-7,10H2,1-3H3,(H,18,20)/t12-/m1/s1. The number of aromatic nitrogens is 1. The Morgan fingerprint density at radius 3 is 2.65 bits per heavy atom. The van der Waals surface area contributed by atoms with Crippen LogP contribution >= 0.6 is 11.6 Å². The average molecular weight is 298 g/mol. The van der Waals surface area contributed by atoms with Gasteiger partial charge >= 0.3 is 0 Å². The van der Waals surface area contributed by atoms with Crippen LogP contribution in [0.15, 0.2) is 18.3 Å². The summed E-state index contributed by atoms with van der Waals surface area (Å²) >= 11 is 5.70. The fourth-order valence-corrected chi connectivity index (χ4v) is 2.16. The molecule has 1 atom stereocenters. The summed E-state index contributed by atoms with van der Waals surface area (Å²) in [6.07, 6.45) is 3.56. The van der Waals surface area contributed by atoms with Crippen molar-refractivity contribution >= 4 is 17.5 Å². The number of pyridine rings is 1. The molecule has 0 aliphatic heterocycles. The number of hydrogen-bond acceptors (Lipinski definition) is 3. The summed E-state index contributed by atoms with van der Waals surface area (Å²) in [6.45, 7) is 9.60. The van der Waals surface area contributed by atoms with Gasteiger partial charge in [-0.2, -0.15) is 0 Å². The summed E-state index contributed by atoms with van der Waals surface area (Å²) in [5.41, 5.74) is 0.546. The van der Waals surface area contributed by atoms with Crippen LogP contribution in [0, 0.1) is 0 Å². The normalized spacial score (nSPS) is 12.4. The van der Waals surface area contributed by atoms with Crippen molar-refractivity contribution in [1.29, 1.82) is 0 Å². The molecule has 1 heterocycles. The smallest absolute Gasteiger partial charge is 0.253 e. The van der Waals surface area contributed by atoms with Crippen molar-refractivity contribution in [2.45, 2.75) is 39.7 Å². The molecule has 1 aromatic heterocycles. The average Bonchev–Trinajstić information content (AvgIpc) is 2.44. The van der Waals surface area contributed by atoms with E-state index in [1.54, 1.807) is 12.1 Å². The zero-order valence-corrected chi connectivity index (χ0v) is 13.3. The van der Waals surface area contributed by atoms with Gasteiger partial charge in [0.25, 0.3) is 5.91 Å². The van der Waals surface area contributed by atoms with Gasteiger partial charge in [-0.1, -0.05) is 25.4 Å². The van der Waals surface area contributed by atoms with Gasteiger partial charge in [0, 0.05) is 12.2 Å². The quantitative estimate of drug-likeness (QED) is 0.750. The molecular weight excluding hydrogens is 274 g/mol. The van der Waals surface area contributed by atoms with Gasteiger partial charge in [-0.25, -0.2) is 4.98 Å². The minimum absolute atomic E-state index is 0.0931. The number of amides is 1. The zero-order chi connectivity index (χ0) is 15.0. The van der Waals surface area contributed by atoms with Crippen molar-refractivity contribution in [3.8, 4) is 0 Å². The Labute approximate surface area is 126 Å². The Kier molecular flexibility index (Phi) is 7.55. The first-order valence-electron chi connectivity index (χ1n) is 7.21. The van der Waals surface area contributed by atoms with Gasteiger partial charge in [-0.15, -0.1) is 0 Å². The number of hydrogen-bond donors (Lipinski definition) is 1. The maximum absolute atomic E-state index is 12.0. The van der Waals surface area contributed by atoms with Crippen molar-refractivity contribution in [3.63, 3.8) is 0 Å². The van der Waals surface area contributed by atoms with Crippen LogP contribution in [0.2, 0.25) is 5.15 Å². The van der Waals surface area contributed by atoms with E-state index in [1.165, 1.54) is 6.20 Å². The maximum atomic E-state index is 12.0. The zero-order valence-electron chi connectivity index (χ0n) is 12.5. The molecule has 0 spiro atoms.